The van der Waals surface area contributed by atoms with Crippen molar-refractivity contribution >= 4 is 29.4 Å². The van der Waals surface area contributed by atoms with Crippen molar-refractivity contribution in [2.75, 3.05) is 33.4 Å². The number of imide groups is 1. The van der Waals surface area contributed by atoms with Crippen molar-refractivity contribution in [3.05, 3.63) is 47.0 Å². The molecule has 0 bridgehead atoms. The van der Waals surface area contributed by atoms with Crippen LogP contribution in [-0.4, -0.2) is 66.5 Å². The number of rotatable bonds is 7. The fourth-order valence-electron chi connectivity index (χ4n) is 5.38. The topological polar surface area (TPSA) is 79.0 Å². The molecule has 0 aromatic heterocycles. The number of likely N-dealkylation sites (tertiary alicyclic amines) is 1. The Balaban J connectivity index is 1.54. The number of carbonyl (C=O) groups is 3. The number of ether oxygens (including phenoxy) is 1. The van der Waals surface area contributed by atoms with Gasteiger partial charge in [0.15, 0.2) is 0 Å². The summed E-state index contributed by atoms with van der Waals surface area (Å²) in [5, 5.41) is 3.62. The number of carbonyl (C=O) groups excluding carboxylic acids is 3. The van der Waals surface area contributed by atoms with Gasteiger partial charge in [0.05, 0.1) is 13.2 Å². The van der Waals surface area contributed by atoms with E-state index in [-0.39, 0.29) is 36.8 Å². The third-order valence-electron chi connectivity index (χ3n) is 7.27. The maximum atomic E-state index is 13.7. The number of halogens is 1. The third kappa shape index (κ3) is 4.80. The summed E-state index contributed by atoms with van der Waals surface area (Å²) in [5.74, 6) is -0.0535. The van der Waals surface area contributed by atoms with E-state index < -0.39 is 11.6 Å². The highest BCUT2D eigenvalue weighted by Gasteiger charge is 2.56. The molecule has 0 saturated carbocycles. The van der Waals surface area contributed by atoms with Crippen LogP contribution >= 0.6 is 11.6 Å². The van der Waals surface area contributed by atoms with E-state index in [4.69, 9.17) is 16.3 Å². The summed E-state index contributed by atoms with van der Waals surface area (Å²) in [5.41, 5.74) is -0.243. The standard InChI is InChI=1S/C25H32ClN3O4/c1-33-16-15-29-23(31)25(27-24(29)32,17-19-9-5-6-10-21(19)26)20-11-13-28(14-12-20)22(30)18-7-3-2-4-8-18/h2-3,5-6,9-10,18,20H,4,7-8,11-17H2,1H3,(H,27,32)/t18-,25-/m1/s1. The van der Waals surface area contributed by atoms with E-state index in [1.54, 1.807) is 13.2 Å². The molecule has 0 unspecified atom stereocenters. The number of nitrogens with one attached hydrogen (secondary N) is 1. The van der Waals surface area contributed by atoms with Gasteiger partial charge in [0, 0.05) is 37.6 Å². The summed E-state index contributed by atoms with van der Waals surface area (Å²) in [6.07, 6.45) is 8.52. The molecule has 4 rings (SSSR count). The fraction of sp³-hybridized carbons (Fsp3) is 0.560. The minimum atomic E-state index is -1.07. The first-order valence-corrected chi connectivity index (χ1v) is 12.1. The Kier molecular flexibility index (Phi) is 7.39. The van der Waals surface area contributed by atoms with E-state index in [9.17, 15) is 14.4 Å². The normalized spacial score (nSPS) is 26.1. The molecular formula is C25H32ClN3O4. The molecule has 3 aliphatic rings. The summed E-state index contributed by atoms with van der Waals surface area (Å²) in [7, 11) is 1.55. The van der Waals surface area contributed by atoms with E-state index >= 15 is 0 Å². The summed E-state index contributed by atoms with van der Waals surface area (Å²) in [4.78, 5) is 42.7. The largest absolute Gasteiger partial charge is 0.383 e. The molecule has 0 radical (unpaired) electrons. The molecule has 178 valence electrons. The highest BCUT2D eigenvalue weighted by Crippen LogP contribution is 2.38. The lowest BCUT2D eigenvalue weighted by atomic mass is 9.73. The Morgan fingerprint density at radius 3 is 2.61 bits per heavy atom. The molecule has 1 aromatic rings. The van der Waals surface area contributed by atoms with E-state index in [1.807, 2.05) is 23.1 Å². The van der Waals surface area contributed by atoms with Crippen LogP contribution in [0.1, 0.15) is 37.7 Å². The van der Waals surface area contributed by atoms with E-state index in [0.29, 0.717) is 37.4 Å². The maximum Gasteiger partial charge on any atom is 0.325 e. The first-order chi connectivity index (χ1) is 16.0. The quantitative estimate of drug-likeness (QED) is 0.486. The number of allylic oxidation sites excluding steroid dienone is 2. The van der Waals surface area contributed by atoms with Crippen LogP contribution in [0.25, 0.3) is 0 Å². The molecule has 8 heteroatoms. The number of methoxy groups -OCH3 is 1. The van der Waals surface area contributed by atoms with Gasteiger partial charge < -0.3 is 15.0 Å². The molecule has 2 aliphatic heterocycles. The smallest absolute Gasteiger partial charge is 0.325 e. The van der Waals surface area contributed by atoms with Gasteiger partial charge in [-0.15, -0.1) is 0 Å². The summed E-state index contributed by atoms with van der Waals surface area (Å²) in [6.45, 7) is 1.67. The van der Waals surface area contributed by atoms with Gasteiger partial charge >= 0.3 is 6.03 Å². The average Bonchev–Trinajstić information content (AvgIpc) is 3.09. The van der Waals surface area contributed by atoms with Gasteiger partial charge in [-0.05, 0) is 49.7 Å². The lowest BCUT2D eigenvalue weighted by molar-refractivity contribution is -0.139. The van der Waals surface area contributed by atoms with Crippen molar-refractivity contribution in [3.63, 3.8) is 0 Å². The summed E-state index contributed by atoms with van der Waals surface area (Å²) < 4.78 is 5.11. The van der Waals surface area contributed by atoms with Gasteiger partial charge in [0.2, 0.25) is 5.91 Å². The van der Waals surface area contributed by atoms with Gasteiger partial charge in [-0.25, -0.2) is 4.79 Å². The van der Waals surface area contributed by atoms with Gasteiger partial charge in [0.25, 0.3) is 5.91 Å². The molecule has 4 amide bonds. The highest BCUT2D eigenvalue weighted by atomic mass is 35.5. The predicted octanol–water partition coefficient (Wildman–Crippen LogP) is 3.41. The van der Waals surface area contributed by atoms with Crippen LogP contribution < -0.4 is 5.32 Å². The molecule has 33 heavy (non-hydrogen) atoms. The zero-order valence-corrected chi connectivity index (χ0v) is 19.9. The first kappa shape index (κ1) is 23.8. The van der Waals surface area contributed by atoms with Crippen molar-refractivity contribution in [1.29, 1.82) is 0 Å². The zero-order valence-electron chi connectivity index (χ0n) is 19.1. The monoisotopic (exact) mass is 473 g/mol. The van der Waals surface area contributed by atoms with Crippen molar-refractivity contribution < 1.29 is 19.1 Å². The number of amides is 4. The van der Waals surface area contributed by atoms with E-state index in [1.165, 1.54) is 4.90 Å². The van der Waals surface area contributed by atoms with Gasteiger partial charge in [0.1, 0.15) is 5.54 Å². The van der Waals surface area contributed by atoms with Crippen LogP contribution in [0.2, 0.25) is 5.02 Å². The molecular weight excluding hydrogens is 442 g/mol. The lowest BCUT2D eigenvalue weighted by Gasteiger charge is -2.42. The van der Waals surface area contributed by atoms with Crippen LogP contribution in [0.4, 0.5) is 4.79 Å². The predicted molar refractivity (Wildman–Crippen MR) is 126 cm³/mol. The average molecular weight is 474 g/mol. The second-order valence-corrected chi connectivity index (χ2v) is 9.61. The summed E-state index contributed by atoms with van der Waals surface area (Å²) >= 11 is 6.44. The molecule has 1 aliphatic carbocycles. The zero-order chi connectivity index (χ0) is 23.4. The summed E-state index contributed by atoms with van der Waals surface area (Å²) in [6, 6.07) is 7.05. The number of nitrogens with zero attached hydrogens (tertiary/aromatic N) is 2. The van der Waals surface area contributed by atoms with E-state index in [2.05, 4.69) is 17.5 Å². The number of hydrogen-bond donors (Lipinski definition) is 1. The minimum absolute atomic E-state index is 0.0565. The second kappa shape index (κ2) is 10.3. The number of urea groups is 1. The number of piperidine rings is 1. The second-order valence-electron chi connectivity index (χ2n) is 9.20. The van der Waals surface area contributed by atoms with E-state index in [0.717, 1.165) is 24.8 Å². The van der Waals surface area contributed by atoms with Crippen molar-refractivity contribution in [2.24, 2.45) is 11.8 Å². The van der Waals surface area contributed by atoms with Crippen LogP contribution in [0.5, 0.6) is 0 Å². The molecule has 1 aromatic carbocycles. The Morgan fingerprint density at radius 2 is 1.94 bits per heavy atom. The number of benzene rings is 1. The van der Waals surface area contributed by atoms with Crippen LogP contribution in [0.15, 0.2) is 36.4 Å². The molecule has 2 heterocycles. The molecule has 2 atom stereocenters. The van der Waals surface area contributed by atoms with Gasteiger partial charge in [-0.3, -0.25) is 14.5 Å². The van der Waals surface area contributed by atoms with Crippen LogP contribution in [0.3, 0.4) is 0 Å². The van der Waals surface area contributed by atoms with Crippen molar-refractivity contribution in [1.82, 2.24) is 15.1 Å². The van der Waals surface area contributed by atoms with Crippen LogP contribution in [0, 0.1) is 11.8 Å². The number of hydrogen-bond acceptors (Lipinski definition) is 4. The third-order valence-corrected chi connectivity index (χ3v) is 7.64. The fourth-order valence-corrected chi connectivity index (χ4v) is 5.58. The molecule has 2 fully saturated rings. The molecule has 1 N–H and O–H groups in total. The lowest BCUT2D eigenvalue weighted by Crippen LogP contribution is -2.58. The van der Waals surface area contributed by atoms with Crippen LogP contribution in [-0.2, 0) is 20.7 Å². The van der Waals surface area contributed by atoms with Gasteiger partial charge in [-0.2, -0.15) is 0 Å². The molecule has 2 saturated heterocycles. The van der Waals surface area contributed by atoms with Crippen molar-refractivity contribution in [2.45, 2.75) is 44.1 Å². The Morgan fingerprint density at radius 1 is 1.18 bits per heavy atom. The molecule has 0 spiro atoms. The maximum absolute atomic E-state index is 13.7. The minimum Gasteiger partial charge on any atom is -0.383 e. The molecule has 7 nitrogen and oxygen atoms in total. The Labute approximate surface area is 200 Å². The van der Waals surface area contributed by atoms with Crippen molar-refractivity contribution in [3.8, 4) is 0 Å². The van der Waals surface area contributed by atoms with Gasteiger partial charge in [-0.1, -0.05) is 42.0 Å². The Bertz CT molecular complexity index is 928. The Hall–Kier alpha value is -2.38. The first-order valence-electron chi connectivity index (χ1n) is 11.8. The SMILES string of the molecule is COCCN1C(=O)N[C@](Cc2ccccc2Cl)(C2CCN(C(=O)[C@@H]3CC=CCC3)CC2)C1=O. The highest BCUT2D eigenvalue weighted by molar-refractivity contribution is 6.31.